The van der Waals surface area contributed by atoms with Crippen LogP contribution in [0.3, 0.4) is 0 Å². The number of hydrogen-bond donors (Lipinski definition) is 0. The van der Waals surface area contributed by atoms with Gasteiger partial charge in [-0.15, -0.1) is 22.7 Å². The maximum absolute atomic E-state index is 4.14. The van der Waals surface area contributed by atoms with Crippen molar-refractivity contribution in [3.8, 4) is 0 Å². The van der Waals surface area contributed by atoms with E-state index in [0.29, 0.717) is 0 Å². The van der Waals surface area contributed by atoms with Crippen molar-refractivity contribution >= 4 is 43.1 Å². The minimum absolute atomic E-state index is 0. The maximum Gasteiger partial charge on any atom is 0.0812 e. The quantitative estimate of drug-likeness (QED) is 0.439. The smallest absolute Gasteiger partial charge is 0.0812 e. The second kappa shape index (κ2) is 6.85. The van der Waals surface area contributed by atoms with E-state index < -0.39 is 0 Å². The van der Waals surface area contributed by atoms with Crippen molar-refractivity contribution in [2.24, 2.45) is 0 Å². The average Bonchev–Trinajstić information content (AvgIpc) is 3.08. The molecular weight excluding hydrogens is 326 g/mol. The van der Waals surface area contributed by atoms with E-state index in [0.717, 1.165) is 11.0 Å². The molecule has 0 N–H and O–H groups in total. The molecule has 5 heteroatoms. The van der Waals surface area contributed by atoms with Gasteiger partial charge in [0.15, 0.2) is 0 Å². The van der Waals surface area contributed by atoms with Crippen LogP contribution >= 0.6 is 22.7 Å². The summed E-state index contributed by atoms with van der Waals surface area (Å²) in [6.07, 6.45) is 0. The molecule has 0 bridgehead atoms. The third kappa shape index (κ3) is 3.44. The molecule has 0 spiro atoms. The Morgan fingerprint density at radius 2 is 1.05 bits per heavy atom. The number of benzene rings is 2. The van der Waals surface area contributed by atoms with E-state index in [1.54, 1.807) is 22.7 Å². The zero-order valence-corrected chi connectivity index (χ0v) is 14.8. The molecule has 4 aromatic rings. The third-order valence-corrected chi connectivity index (χ3v) is 4.09. The van der Waals surface area contributed by atoms with Gasteiger partial charge in [-0.1, -0.05) is 24.3 Å². The predicted molar refractivity (Wildman–Crippen MR) is 79.2 cm³/mol. The number of thiazole rings is 2. The van der Waals surface area contributed by atoms with E-state index in [-0.39, 0.29) is 19.5 Å². The number of nitrogens with zero attached hydrogens (tertiary/aromatic N) is 2. The third-order valence-electron chi connectivity index (χ3n) is 2.47. The first-order chi connectivity index (χ1) is 8.93. The van der Waals surface area contributed by atoms with Crippen LogP contribution in [0.5, 0.6) is 0 Å². The van der Waals surface area contributed by atoms with Gasteiger partial charge < -0.3 is 0 Å². The van der Waals surface area contributed by atoms with Gasteiger partial charge in [-0.3, -0.25) is 0 Å². The van der Waals surface area contributed by atoms with E-state index in [1.807, 2.05) is 47.4 Å². The molecule has 0 atom stereocenters. The van der Waals surface area contributed by atoms with Crippen molar-refractivity contribution < 1.29 is 19.5 Å². The molecule has 0 aliphatic carbocycles. The molecule has 0 saturated carbocycles. The predicted octanol–water partition coefficient (Wildman–Crippen LogP) is 4.59. The standard InChI is InChI=1S/2C7H5NS.Zn/c2*1-2-4-7-6(3-1)8-5-9-7;/h2*1-5H;. The van der Waals surface area contributed by atoms with Crippen LogP contribution < -0.4 is 0 Å². The van der Waals surface area contributed by atoms with Crippen LogP contribution in [0.4, 0.5) is 0 Å². The molecule has 0 aliphatic rings. The van der Waals surface area contributed by atoms with E-state index in [9.17, 15) is 0 Å². The van der Waals surface area contributed by atoms with Crippen molar-refractivity contribution in [2.75, 3.05) is 0 Å². The van der Waals surface area contributed by atoms with Gasteiger partial charge in [0.1, 0.15) is 0 Å². The molecule has 2 nitrogen and oxygen atoms in total. The molecule has 2 heterocycles. The molecular formula is C14H10N2S2Zn. The summed E-state index contributed by atoms with van der Waals surface area (Å²) in [4.78, 5) is 8.27. The van der Waals surface area contributed by atoms with Crippen LogP contribution in [0, 0.1) is 0 Å². The minimum Gasteiger partial charge on any atom is -0.245 e. The van der Waals surface area contributed by atoms with Crippen LogP contribution in [-0.2, 0) is 19.5 Å². The molecule has 2 aromatic carbocycles. The van der Waals surface area contributed by atoms with Crippen LogP contribution in [0.2, 0.25) is 0 Å². The second-order valence-electron chi connectivity index (χ2n) is 3.64. The van der Waals surface area contributed by atoms with E-state index >= 15 is 0 Å². The summed E-state index contributed by atoms with van der Waals surface area (Å²) in [5, 5.41) is 0. The second-order valence-corrected chi connectivity index (χ2v) is 5.41. The molecule has 0 amide bonds. The largest absolute Gasteiger partial charge is 0.245 e. The van der Waals surface area contributed by atoms with Crippen molar-refractivity contribution in [2.45, 2.75) is 0 Å². The molecule has 0 saturated heterocycles. The molecule has 2 aromatic heterocycles. The minimum atomic E-state index is 0. The first-order valence-electron chi connectivity index (χ1n) is 5.50. The molecule has 0 unspecified atom stereocenters. The molecule has 19 heavy (non-hydrogen) atoms. The normalized spacial score (nSPS) is 9.68. The maximum atomic E-state index is 4.14. The first kappa shape index (κ1) is 14.3. The van der Waals surface area contributed by atoms with Gasteiger partial charge in [0, 0.05) is 19.5 Å². The van der Waals surface area contributed by atoms with Crippen LogP contribution in [0.25, 0.3) is 20.4 Å². The Balaban J connectivity index is 0.000000133. The molecule has 0 radical (unpaired) electrons. The fourth-order valence-electron chi connectivity index (χ4n) is 1.61. The molecule has 0 fully saturated rings. The van der Waals surface area contributed by atoms with Crippen LogP contribution in [0.1, 0.15) is 0 Å². The van der Waals surface area contributed by atoms with E-state index in [2.05, 4.69) is 22.1 Å². The number of hydrogen-bond acceptors (Lipinski definition) is 4. The van der Waals surface area contributed by atoms with Crippen molar-refractivity contribution in [1.82, 2.24) is 9.97 Å². The zero-order valence-electron chi connectivity index (χ0n) is 10.2. The summed E-state index contributed by atoms with van der Waals surface area (Å²) < 4.78 is 2.52. The van der Waals surface area contributed by atoms with Gasteiger partial charge in [0.05, 0.1) is 31.5 Å². The van der Waals surface area contributed by atoms with Crippen molar-refractivity contribution in [1.29, 1.82) is 0 Å². The zero-order chi connectivity index (χ0) is 12.2. The van der Waals surface area contributed by atoms with Gasteiger partial charge in [0.25, 0.3) is 0 Å². The Labute approximate surface area is 131 Å². The Morgan fingerprint density at radius 3 is 1.47 bits per heavy atom. The van der Waals surface area contributed by atoms with Crippen LogP contribution in [0.15, 0.2) is 59.6 Å². The van der Waals surface area contributed by atoms with E-state index in [1.165, 1.54) is 9.40 Å². The van der Waals surface area contributed by atoms with Gasteiger partial charge in [-0.2, -0.15) is 0 Å². The number of aromatic nitrogens is 2. The van der Waals surface area contributed by atoms with Gasteiger partial charge in [-0.05, 0) is 24.3 Å². The topological polar surface area (TPSA) is 25.8 Å². The summed E-state index contributed by atoms with van der Waals surface area (Å²) in [6.45, 7) is 0. The molecule has 0 aliphatic heterocycles. The fraction of sp³-hybridized carbons (Fsp3) is 0. The summed E-state index contributed by atoms with van der Waals surface area (Å²) in [5.41, 5.74) is 5.93. The van der Waals surface area contributed by atoms with Gasteiger partial charge in [0.2, 0.25) is 0 Å². The van der Waals surface area contributed by atoms with Gasteiger partial charge >= 0.3 is 0 Å². The summed E-state index contributed by atoms with van der Waals surface area (Å²) in [6, 6.07) is 16.3. The summed E-state index contributed by atoms with van der Waals surface area (Å²) >= 11 is 3.35. The Bertz CT molecular complexity index is 637. The van der Waals surface area contributed by atoms with E-state index in [4.69, 9.17) is 0 Å². The van der Waals surface area contributed by atoms with Crippen molar-refractivity contribution in [3.05, 3.63) is 59.6 Å². The fourth-order valence-corrected chi connectivity index (χ4v) is 2.96. The molecule has 4 rings (SSSR count). The van der Waals surface area contributed by atoms with Crippen molar-refractivity contribution in [3.63, 3.8) is 0 Å². The Morgan fingerprint density at radius 1 is 0.632 bits per heavy atom. The number of para-hydroxylation sites is 2. The van der Waals surface area contributed by atoms with Crippen LogP contribution in [-0.4, -0.2) is 9.97 Å². The average molecular weight is 336 g/mol. The monoisotopic (exact) mass is 334 g/mol. The SMILES string of the molecule is [Zn].c1ccc2scnc2c1.c1ccc2scnc2c1. The Kier molecular flexibility index (Phi) is 5.14. The first-order valence-corrected chi connectivity index (χ1v) is 7.26. The summed E-state index contributed by atoms with van der Waals surface area (Å²) in [7, 11) is 0. The van der Waals surface area contributed by atoms with Gasteiger partial charge in [-0.25, -0.2) is 9.97 Å². The Hall–Kier alpha value is -1.16. The number of rotatable bonds is 0. The summed E-state index contributed by atoms with van der Waals surface area (Å²) in [5.74, 6) is 0. The number of fused-ring (bicyclic) bond motifs is 2. The molecule has 90 valence electrons.